The van der Waals surface area contributed by atoms with Crippen molar-refractivity contribution in [3.05, 3.63) is 57.0 Å². The molecule has 138 valence electrons. The molecule has 1 saturated heterocycles. The number of nitrogens with zero attached hydrogens (tertiary/aromatic N) is 2. The van der Waals surface area contributed by atoms with E-state index in [2.05, 4.69) is 27.1 Å². The Hall–Kier alpha value is -2.34. The van der Waals surface area contributed by atoms with Crippen LogP contribution in [-0.4, -0.2) is 29.0 Å². The molecule has 0 saturated carbocycles. The highest BCUT2D eigenvalue weighted by molar-refractivity contribution is 6.30. The molecule has 6 nitrogen and oxygen atoms in total. The molecule has 1 fully saturated rings. The second-order valence-corrected chi connectivity index (χ2v) is 7.25. The summed E-state index contributed by atoms with van der Waals surface area (Å²) in [6, 6.07) is 8.63. The molecule has 1 aliphatic rings. The van der Waals surface area contributed by atoms with Gasteiger partial charge in [0, 0.05) is 24.2 Å². The highest BCUT2D eigenvalue weighted by Crippen LogP contribution is 2.19. The van der Waals surface area contributed by atoms with E-state index < -0.39 is 0 Å². The first kappa shape index (κ1) is 18.5. The van der Waals surface area contributed by atoms with Gasteiger partial charge in [-0.2, -0.15) is 0 Å². The van der Waals surface area contributed by atoms with Gasteiger partial charge in [0.25, 0.3) is 5.56 Å². The van der Waals surface area contributed by atoms with Crippen LogP contribution < -0.4 is 15.8 Å². The van der Waals surface area contributed by atoms with Gasteiger partial charge in [0.15, 0.2) is 0 Å². The molecular weight excluding hydrogens is 352 g/mol. The molecule has 3 rings (SSSR count). The third-order valence-corrected chi connectivity index (χ3v) is 4.82. The van der Waals surface area contributed by atoms with Gasteiger partial charge in [-0.1, -0.05) is 30.7 Å². The summed E-state index contributed by atoms with van der Waals surface area (Å²) >= 11 is 5.93. The molecule has 26 heavy (non-hydrogen) atoms. The van der Waals surface area contributed by atoms with Crippen molar-refractivity contribution in [3.63, 3.8) is 0 Å². The monoisotopic (exact) mass is 374 g/mol. The van der Waals surface area contributed by atoms with E-state index in [0.717, 1.165) is 31.5 Å². The molecular formula is C19H23ClN4O2. The van der Waals surface area contributed by atoms with Gasteiger partial charge in [-0.05, 0) is 36.5 Å². The zero-order chi connectivity index (χ0) is 18.5. The van der Waals surface area contributed by atoms with Crippen molar-refractivity contribution in [1.82, 2.24) is 15.3 Å². The quantitative estimate of drug-likeness (QED) is 0.843. The third-order valence-electron chi connectivity index (χ3n) is 4.59. The van der Waals surface area contributed by atoms with E-state index in [4.69, 9.17) is 11.6 Å². The zero-order valence-electron chi connectivity index (χ0n) is 14.8. The molecule has 0 aliphatic carbocycles. The summed E-state index contributed by atoms with van der Waals surface area (Å²) in [5.74, 6) is 1.15. The van der Waals surface area contributed by atoms with Crippen LogP contribution in [-0.2, 0) is 17.8 Å². The Bertz CT molecular complexity index is 828. The van der Waals surface area contributed by atoms with E-state index in [-0.39, 0.29) is 24.4 Å². The Morgan fingerprint density at radius 2 is 2.12 bits per heavy atom. The summed E-state index contributed by atoms with van der Waals surface area (Å²) in [5, 5.41) is 3.42. The minimum Gasteiger partial charge on any atom is -0.350 e. The fourth-order valence-corrected chi connectivity index (χ4v) is 3.25. The molecule has 0 spiro atoms. The molecule has 2 heterocycles. The summed E-state index contributed by atoms with van der Waals surface area (Å²) in [6.45, 7) is 4.23. The summed E-state index contributed by atoms with van der Waals surface area (Å²) in [4.78, 5) is 33.5. The van der Waals surface area contributed by atoms with Crippen molar-refractivity contribution in [1.29, 1.82) is 0 Å². The van der Waals surface area contributed by atoms with Gasteiger partial charge in [0.1, 0.15) is 0 Å². The second-order valence-electron chi connectivity index (χ2n) is 6.81. The number of aromatic nitrogens is 2. The van der Waals surface area contributed by atoms with Crippen LogP contribution in [0.4, 0.5) is 5.95 Å². The maximum Gasteiger partial charge on any atom is 0.252 e. The maximum atomic E-state index is 12.1. The fraction of sp³-hybridized carbons (Fsp3) is 0.421. The minimum absolute atomic E-state index is 0.136. The summed E-state index contributed by atoms with van der Waals surface area (Å²) in [6.07, 6.45) is 2.41. The number of halogens is 1. The van der Waals surface area contributed by atoms with E-state index in [0.29, 0.717) is 22.6 Å². The topological polar surface area (TPSA) is 78.1 Å². The molecule has 0 unspecified atom stereocenters. The van der Waals surface area contributed by atoms with Crippen molar-refractivity contribution in [3.8, 4) is 0 Å². The average Bonchev–Trinajstić information content (AvgIpc) is 2.60. The number of carbonyl (C=O) groups is 1. The summed E-state index contributed by atoms with van der Waals surface area (Å²) < 4.78 is 0. The third kappa shape index (κ3) is 5.08. The number of nitrogens with one attached hydrogen (secondary N) is 2. The second kappa shape index (κ2) is 8.36. The Labute approximate surface area is 157 Å². The van der Waals surface area contributed by atoms with E-state index in [9.17, 15) is 9.59 Å². The van der Waals surface area contributed by atoms with Crippen molar-refractivity contribution < 1.29 is 4.79 Å². The molecule has 1 aromatic carbocycles. The number of aromatic amines is 1. The Morgan fingerprint density at radius 1 is 1.35 bits per heavy atom. The zero-order valence-corrected chi connectivity index (χ0v) is 15.6. The first-order chi connectivity index (χ1) is 12.5. The van der Waals surface area contributed by atoms with Crippen LogP contribution in [0.3, 0.4) is 0 Å². The van der Waals surface area contributed by atoms with Crippen molar-refractivity contribution in [2.75, 3.05) is 18.0 Å². The van der Waals surface area contributed by atoms with Crippen LogP contribution in [0, 0.1) is 5.92 Å². The predicted molar refractivity (Wildman–Crippen MR) is 102 cm³/mol. The highest BCUT2D eigenvalue weighted by Gasteiger charge is 2.18. The maximum absolute atomic E-state index is 12.1. The molecule has 1 amide bonds. The van der Waals surface area contributed by atoms with E-state index in [1.165, 1.54) is 6.07 Å². The Kier molecular flexibility index (Phi) is 5.93. The minimum atomic E-state index is -0.201. The van der Waals surface area contributed by atoms with Gasteiger partial charge >= 0.3 is 0 Å². The molecule has 1 aromatic heterocycles. The van der Waals surface area contributed by atoms with Crippen molar-refractivity contribution in [2.45, 2.75) is 32.7 Å². The molecule has 0 atom stereocenters. The molecule has 1 aliphatic heterocycles. The van der Waals surface area contributed by atoms with Gasteiger partial charge in [-0.25, -0.2) is 4.98 Å². The Balaban J connectivity index is 1.61. The summed E-state index contributed by atoms with van der Waals surface area (Å²) in [5.41, 5.74) is 1.20. The smallest absolute Gasteiger partial charge is 0.252 e. The van der Waals surface area contributed by atoms with Crippen LogP contribution in [0.1, 0.15) is 31.0 Å². The largest absolute Gasteiger partial charge is 0.350 e. The van der Waals surface area contributed by atoms with Crippen LogP contribution in [0.2, 0.25) is 5.02 Å². The number of H-pyrrole nitrogens is 1. The number of piperidine rings is 1. The van der Waals surface area contributed by atoms with E-state index >= 15 is 0 Å². The predicted octanol–water partition coefficient (Wildman–Crippen LogP) is 2.52. The van der Waals surface area contributed by atoms with E-state index in [1.54, 1.807) is 12.1 Å². The van der Waals surface area contributed by atoms with Crippen LogP contribution >= 0.6 is 11.6 Å². The normalized spacial score (nSPS) is 15.1. The fourth-order valence-electron chi connectivity index (χ4n) is 3.04. The molecule has 0 bridgehead atoms. The number of hydrogen-bond acceptors (Lipinski definition) is 4. The van der Waals surface area contributed by atoms with E-state index in [1.807, 2.05) is 12.1 Å². The SMILES string of the molecule is CC1CCN(c2nc(CNC(=O)Cc3cccc(Cl)c3)cc(=O)[nH]2)CC1. The van der Waals surface area contributed by atoms with Gasteiger partial charge < -0.3 is 10.2 Å². The van der Waals surface area contributed by atoms with Crippen LogP contribution in [0.15, 0.2) is 35.1 Å². The number of hydrogen-bond donors (Lipinski definition) is 2. The van der Waals surface area contributed by atoms with Gasteiger partial charge in [-0.15, -0.1) is 0 Å². The summed E-state index contributed by atoms with van der Waals surface area (Å²) in [7, 11) is 0. The lowest BCUT2D eigenvalue weighted by molar-refractivity contribution is -0.120. The van der Waals surface area contributed by atoms with Crippen molar-refractivity contribution in [2.24, 2.45) is 5.92 Å². The van der Waals surface area contributed by atoms with Gasteiger partial charge in [0.2, 0.25) is 11.9 Å². The first-order valence-electron chi connectivity index (χ1n) is 8.86. The lowest BCUT2D eigenvalue weighted by atomic mass is 10.00. The first-order valence-corrected chi connectivity index (χ1v) is 9.24. The lowest BCUT2D eigenvalue weighted by Gasteiger charge is -2.30. The number of benzene rings is 1. The lowest BCUT2D eigenvalue weighted by Crippen LogP contribution is -2.35. The molecule has 0 radical (unpaired) electrons. The number of carbonyl (C=O) groups excluding carboxylic acids is 1. The highest BCUT2D eigenvalue weighted by atomic mass is 35.5. The standard InChI is InChI=1S/C19H23ClN4O2/c1-13-5-7-24(8-6-13)19-22-16(11-18(26)23-19)12-21-17(25)10-14-3-2-4-15(20)9-14/h2-4,9,11,13H,5-8,10,12H2,1H3,(H,21,25)(H,22,23,26). The van der Waals surface area contributed by atoms with Gasteiger partial charge in [0.05, 0.1) is 18.7 Å². The number of anilines is 1. The average molecular weight is 375 g/mol. The van der Waals surface area contributed by atoms with Crippen molar-refractivity contribution >= 4 is 23.5 Å². The van der Waals surface area contributed by atoms with Crippen LogP contribution in [0.25, 0.3) is 0 Å². The Morgan fingerprint density at radius 3 is 2.85 bits per heavy atom. The molecule has 2 N–H and O–H groups in total. The number of amides is 1. The van der Waals surface area contributed by atoms with Crippen LogP contribution in [0.5, 0.6) is 0 Å². The number of rotatable bonds is 5. The molecule has 7 heteroatoms. The van der Waals surface area contributed by atoms with Gasteiger partial charge in [-0.3, -0.25) is 14.6 Å². The molecule has 2 aromatic rings.